The van der Waals surface area contributed by atoms with Crippen LogP contribution >= 0.6 is 0 Å². The average molecular weight is 606 g/mol. The molecule has 0 fully saturated rings. The second-order valence-electron chi connectivity index (χ2n) is 12.3. The molecule has 3 N–H and O–H groups in total. The molecule has 0 saturated heterocycles. The number of benzene rings is 2. The van der Waals surface area contributed by atoms with E-state index in [1.165, 1.54) is 44.7 Å². The summed E-state index contributed by atoms with van der Waals surface area (Å²) in [7, 11) is 0. The van der Waals surface area contributed by atoms with Gasteiger partial charge in [0.05, 0.1) is 6.04 Å². The van der Waals surface area contributed by atoms with E-state index in [1.54, 1.807) is 0 Å². The van der Waals surface area contributed by atoms with E-state index in [-0.39, 0.29) is 6.04 Å². The van der Waals surface area contributed by atoms with Crippen molar-refractivity contribution in [3.63, 3.8) is 0 Å². The van der Waals surface area contributed by atoms with Gasteiger partial charge in [0.25, 0.3) is 0 Å². The fraction of sp³-hybridized carbons (Fsp3) is 0.333. The maximum Gasteiger partial charge on any atom is 0.0513 e. The molecular formula is C42H59N3. The van der Waals surface area contributed by atoms with Gasteiger partial charge in [-0.2, -0.15) is 0 Å². The molecule has 1 heterocycles. The summed E-state index contributed by atoms with van der Waals surface area (Å²) < 4.78 is 0. The van der Waals surface area contributed by atoms with Crippen molar-refractivity contribution in [3.05, 3.63) is 156 Å². The van der Waals surface area contributed by atoms with E-state index in [0.29, 0.717) is 0 Å². The Labute approximate surface area is 276 Å². The molecule has 1 aliphatic heterocycles. The second kappa shape index (κ2) is 19.9. The molecule has 2 aromatic rings. The molecule has 3 heteroatoms. The number of anilines is 1. The number of hydrogen-bond donors (Lipinski definition) is 3. The van der Waals surface area contributed by atoms with Crippen molar-refractivity contribution in [1.82, 2.24) is 10.6 Å². The molecule has 242 valence electrons. The number of aryl methyl sites for hydroxylation is 2. The molecule has 1 aliphatic rings. The summed E-state index contributed by atoms with van der Waals surface area (Å²) in [6.07, 6.45) is 8.85. The van der Waals surface area contributed by atoms with Crippen LogP contribution in [0, 0.1) is 6.92 Å². The number of nitrogens with one attached hydrogen (secondary N) is 3. The molecule has 3 rings (SSSR count). The fourth-order valence-electron chi connectivity index (χ4n) is 4.59. The summed E-state index contributed by atoms with van der Waals surface area (Å²) in [5.74, 6) is 0. The van der Waals surface area contributed by atoms with Gasteiger partial charge in [0.15, 0.2) is 0 Å². The van der Waals surface area contributed by atoms with E-state index in [2.05, 4.69) is 132 Å². The Hall–Kier alpha value is -4.24. The van der Waals surface area contributed by atoms with E-state index in [0.717, 1.165) is 66.9 Å². The van der Waals surface area contributed by atoms with Crippen molar-refractivity contribution < 1.29 is 0 Å². The average Bonchev–Trinajstić information content (AvgIpc) is 2.98. The van der Waals surface area contributed by atoms with Crippen molar-refractivity contribution in [2.75, 3.05) is 5.32 Å². The van der Waals surface area contributed by atoms with Crippen LogP contribution in [-0.4, -0.2) is 0 Å². The Morgan fingerprint density at radius 2 is 1.60 bits per heavy atom. The first-order valence-electron chi connectivity index (χ1n) is 16.0. The van der Waals surface area contributed by atoms with E-state index >= 15 is 0 Å². The third-order valence-electron chi connectivity index (χ3n) is 7.29. The molecule has 0 amide bonds. The Bertz CT molecular complexity index is 1410. The minimum absolute atomic E-state index is 0.182. The van der Waals surface area contributed by atoms with Crippen molar-refractivity contribution in [1.29, 1.82) is 0 Å². The monoisotopic (exact) mass is 605 g/mol. The number of fused-ring (bicyclic) bond motifs is 1. The van der Waals surface area contributed by atoms with Crippen LogP contribution in [0.3, 0.4) is 0 Å². The summed E-state index contributed by atoms with van der Waals surface area (Å²) >= 11 is 0. The van der Waals surface area contributed by atoms with Crippen LogP contribution in [0.15, 0.2) is 128 Å². The molecule has 0 unspecified atom stereocenters. The molecule has 0 aromatic heterocycles. The van der Waals surface area contributed by atoms with E-state index in [1.807, 2.05) is 26.8 Å². The highest BCUT2D eigenvalue weighted by Crippen LogP contribution is 2.27. The smallest absolute Gasteiger partial charge is 0.0513 e. The lowest BCUT2D eigenvalue weighted by atomic mass is 9.96. The quantitative estimate of drug-likeness (QED) is 0.157. The summed E-state index contributed by atoms with van der Waals surface area (Å²) in [5.41, 5.74) is 14.8. The van der Waals surface area contributed by atoms with E-state index in [4.69, 9.17) is 0 Å². The predicted octanol–water partition coefficient (Wildman–Crippen LogP) is 11.8. The highest BCUT2D eigenvalue weighted by atomic mass is 14.9. The van der Waals surface area contributed by atoms with Crippen LogP contribution in [-0.2, 0) is 13.0 Å². The van der Waals surface area contributed by atoms with Crippen LogP contribution < -0.4 is 16.0 Å². The lowest BCUT2D eigenvalue weighted by Gasteiger charge is -2.23. The van der Waals surface area contributed by atoms with Crippen LogP contribution in [0.25, 0.3) is 6.08 Å². The standard InChI is InChI=1S/C33H41N3.C5H10.C4H8/c1-9-28-13-16-31(24(5)19-28)32(10-2)36-27(8)23(4)17-22(3)18-26(7)34-21-29-12-15-30-14-11-25(6)35-33(30)20-29;1-4-5(2)3;1-4(2)3/h9,12-13,15-17,19-20,32,34-36H,1,4,6-8,10-11,14,18,21H2,2-3,5H3;2,4H2,1,3H3;1H2,2-3H3/b22-17+;;/t32-;;/m0../s1. The first-order valence-corrected chi connectivity index (χ1v) is 16.0. The summed E-state index contributed by atoms with van der Waals surface area (Å²) in [6.45, 7) is 43.1. The van der Waals surface area contributed by atoms with E-state index in [9.17, 15) is 0 Å². The first-order chi connectivity index (χ1) is 21.2. The van der Waals surface area contributed by atoms with Gasteiger partial charge < -0.3 is 16.0 Å². The number of allylic oxidation sites excluding steroid dienone is 5. The molecule has 0 radical (unpaired) electrons. The van der Waals surface area contributed by atoms with Gasteiger partial charge in [0.2, 0.25) is 0 Å². The molecule has 0 bridgehead atoms. The third-order valence-corrected chi connectivity index (χ3v) is 7.29. The maximum atomic E-state index is 4.26. The highest BCUT2D eigenvalue weighted by molar-refractivity contribution is 5.59. The summed E-state index contributed by atoms with van der Waals surface area (Å²) in [6, 6.07) is 13.2. The first kappa shape index (κ1) is 38.8. The SMILES string of the molecule is C=C(C)C.C=C(C)CC.C=Cc1ccc([C@H](CC)NC(=C)C(=C)/C=C(\C)CC(=C)NCc2ccc3c(c2)NC(=C)CC3)c(C)c1. The zero-order chi connectivity index (χ0) is 34.1. The van der Waals surface area contributed by atoms with Gasteiger partial charge in [-0.25, -0.2) is 0 Å². The lowest BCUT2D eigenvalue weighted by molar-refractivity contribution is 0.583. The Morgan fingerprint density at radius 1 is 0.956 bits per heavy atom. The number of rotatable bonds is 13. The van der Waals surface area contributed by atoms with Gasteiger partial charge in [-0.15, -0.1) is 13.2 Å². The maximum absolute atomic E-state index is 4.26. The molecule has 0 spiro atoms. The third kappa shape index (κ3) is 14.9. The molecular weight excluding hydrogens is 546 g/mol. The molecule has 45 heavy (non-hydrogen) atoms. The van der Waals surface area contributed by atoms with Crippen molar-refractivity contribution in [2.24, 2.45) is 0 Å². The highest BCUT2D eigenvalue weighted by Gasteiger charge is 2.14. The van der Waals surface area contributed by atoms with Gasteiger partial charge in [0, 0.05) is 35.7 Å². The minimum atomic E-state index is 0.182. The molecule has 2 aromatic carbocycles. The van der Waals surface area contributed by atoms with Gasteiger partial charge in [-0.05, 0) is 99.8 Å². The van der Waals surface area contributed by atoms with Gasteiger partial charge in [-0.1, -0.05) is 106 Å². The summed E-state index contributed by atoms with van der Waals surface area (Å²) in [5, 5.41) is 10.5. The van der Waals surface area contributed by atoms with Crippen molar-refractivity contribution in [2.45, 2.75) is 93.2 Å². The van der Waals surface area contributed by atoms with Crippen molar-refractivity contribution >= 4 is 11.8 Å². The Balaban J connectivity index is 0.000000989. The fourth-order valence-corrected chi connectivity index (χ4v) is 4.59. The summed E-state index contributed by atoms with van der Waals surface area (Å²) in [4.78, 5) is 0. The van der Waals surface area contributed by atoms with Gasteiger partial charge >= 0.3 is 0 Å². The number of hydrogen-bond acceptors (Lipinski definition) is 3. The zero-order valence-electron chi connectivity index (χ0n) is 29.4. The van der Waals surface area contributed by atoms with Crippen LogP contribution in [0.2, 0.25) is 0 Å². The largest absolute Gasteiger partial charge is 0.384 e. The minimum Gasteiger partial charge on any atom is -0.384 e. The molecule has 3 nitrogen and oxygen atoms in total. The normalized spacial score (nSPS) is 12.4. The second-order valence-corrected chi connectivity index (χ2v) is 12.3. The topological polar surface area (TPSA) is 36.1 Å². The Kier molecular flexibility index (Phi) is 17.2. The van der Waals surface area contributed by atoms with Crippen molar-refractivity contribution in [3.8, 4) is 0 Å². The zero-order valence-corrected chi connectivity index (χ0v) is 29.4. The Morgan fingerprint density at radius 3 is 2.16 bits per heavy atom. The van der Waals surface area contributed by atoms with Gasteiger partial charge in [0.1, 0.15) is 0 Å². The lowest BCUT2D eigenvalue weighted by Crippen LogP contribution is -2.21. The molecule has 0 aliphatic carbocycles. The van der Waals surface area contributed by atoms with E-state index < -0.39 is 0 Å². The molecule has 1 atom stereocenters. The van der Waals surface area contributed by atoms with Crippen LogP contribution in [0.1, 0.15) is 101 Å². The van der Waals surface area contributed by atoms with Gasteiger partial charge in [-0.3, -0.25) is 0 Å². The predicted molar refractivity (Wildman–Crippen MR) is 203 cm³/mol. The van der Waals surface area contributed by atoms with Crippen LogP contribution in [0.4, 0.5) is 5.69 Å². The molecule has 0 saturated carbocycles. The van der Waals surface area contributed by atoms with Crippen LogP contribution in [0.5, 0.6) is 0 Å².